The Morgan fingerprint density at radius 3 is 2.94 bits per heavy atom. The van der Waals surface area contributed by atoms with Crippen molar-refractivity contribution in [3.05, 3.63) is 35.3 Å². The molecule has 2 nitrogen and oxygen atoms in total. The summed E-state index contributed by atoms with van der Waals surface area (Å²) in [6.07, 6.45) is 5.46. The van der Waals surface area contributed by atoms with E-state index in [4.69, 9.17) is 10.8 Å². The van der Waals surface area contributed by atoms with E-state index < -0.39 is 0 Å². The number of terminal acetylenes is 1. The zero-order chi connectivity index (χ0) is 12.4. The lowest BCUT2D eigenvalue weighted by Crippen LogP contribution is -2.19. The molecule has 1 unspecified atom stereocenters. The lowest BCUT2D eigenvalue weighted by molar-refractivity contribution is 0.489. The second-order valence-corrected chi connectivity index (χ2v) is 3.89. The van der Waals surface area contributed by atoms with Crippen LogP contribution in [-0.4, -0.2) is 6.54 Å². The highest BCUT2D eigenvalue weighted by Gasteiger charge is 2.17. The zero-order valence-electron chi connectivity index (χ0n) is 9.88. The molecule has 2 rings (SSSR count). The van der Waals surface area contributed by atoms with Gasteiger partial charge < -0.3 is 4.42 Å². The summed E-state index contributed by atoms with van der Waals surface area (Å²) in [6.45, 7) is 4.62. The first-order chi connectivity index (χ1) is 8.17. The molecule has 17 heavy (non-hydrogen) atoms. The van der Waals surface area contributed by atoms with E-state index in [0.29, 0.717) is 11.3 Å². The standard InChI is InChI=1S/C14H14FNO/c1-4-12(16-5-2)14-9(3)11-8-10(15)6-7-13(11)17-14/h1,6-8,12,16H,5H2,2-3H3. The molecule has 0 aliphatic rings. The van der Waals surface area contributed by atoms with Gasteiger partial charge in [0.2, 0.25) is 0 Å². The Balaban J connectivity index is 2.56. The lowest BCUT2D eigenvalue weighted by atomic mass is 10.1. The van der Waals surface area contributed by atoms with Crippen LogP contribution in [0.5, 0.6) is 0 Å². The fraction of sp³-hybridized carbons (Fsp3) is 0.286. The van der Waals surface area contributed by atoms with E-state index in [1.165, 1.54) is 12.1 Å². The molecule has 1 aromatic carbocycles. The molecule has 0 spiro atoms. The second kappa shape index (κ2) is 4.60. The molecule has 0 bridgehead atoms. The van der Waals surface area contributed by atoms with Gasteiger partial charge in [0.25, 0.3) is 0 Å². The average Bonchev–Trinajstić information content (AvgIpc) is 2.64. The molecule has 0 fully saturated rings. The Bertz CT molecular complexity index is 580. The van der Waals surface area contributed by atoms with E-state index in [1.54, 1.807) is 6.07 Å². The lowest BCUT2D eigenvalue weighted by Gasteiger charge is -2.08. The fourth-order valence-electron chi connectivity index (χ4n) is 1.92. The van der Waals surface area contributed by atoms with Gasteiger partial charge in [-0.3, -0.25) is 5.32 Å². The zero-order valence-corrected chi connectivity index (χ0v) is 9.88. The van der Waals surface area contributed by atoms with Crippen LogP contribution in [0.2, 0.25) is 0 Å². The number of halogens is 1. The summed E-state index contributed by atoms with van der Waals surface area (Å²) >= 11 is 0. The quantitative estimate of drug-likeness (QED) is 0.821. The highest BCUT2D eigenvalue weighted by atomic mass is 19.1. The smallest absolute Gasteiger partial charge is 0.137 e. The third-order valence-electron chi connectivity index (χ3n) is 2.77. The molecule has 0 saturated carbocycles. The third-order valence-corrected chi connectivity index (χ3v) is 2.77. The van der Waals surface area contributed by atoms with Gasteiger partial charge in [-0.2, -0.15) is 0 Å². The number of furan rings is 1. The van der Waals surface area contributed by atoms with E-state index in [1.807, 2.05) is 13.8 Å². The number of benzene rings is 1. The largest absolute Gasteiger partial charge is 0.458 e. The van der Waals surface area contributed by atoms with Crippen LogP contribution in [0, 0.1) is 25.1 Å². The minimum atomic E-state index is -0.270. The highest BCUT2D eigenvalue weighted by Crippen LogP contribution is 2.29. The first-order valence-electron chi connectivity index (χ1n) is 5.55. The molecule has 0 saturated heterocycles. The predicted octanol–water partition coefficient (Wildman–Crippen LogP) is 3.16. The van der Waals surface area contributed by atoms with Crippen LogP contribution in [0.15, 0.2) is 22.6 Å². The summed E-state index contributed by atoms with van der Waals surface area (Å²) < 4.78 is 18.8. The Labute approximate surface area is 99.8 Å². The molecule has 0 radical (unpaired) electrons. The molecule has 3 heteroatoms. The van der Waals surface area contributed by atoms with Crippen LogP contribution >= 0.6 is 0 Å². The van der Waals surface area contributed by atoms with Gasteiger partial charge in [-0.05, 0) is 31.7 Å². The Morgan fingerprint density at radius 2 is 2.29 bits per heavy atom. The number of rotatable bonds is 3. The number of hydrogen-bond acceptors (Lipinski definition) is 2. The van der Waals surface area contributed by atoms with E-state index in [2.05, 4.69) is 11.2 Å². The Kier molecular flexibility index (Phi) is 3.16. The molecule has 2 aromatic rings. The van der Waals surface area contributed by atoms with Crippen molar-refractivity contribution in [2.24, 2.45) is 0 Å². The molecule has 88 valence electrons. The first-order valence-corrected chi connectivity index (χ1v) is 5.55. The summed E-state index contributed by atoms with van der Waals surface area (Å²) in [5, 5.41) is 3.92. The molecular weight excluding hydrogens is 217 g/mol. The van der Waals surface area contributed by atoms with Crippen LogP contribution in [0.3, 0.4) is 0 Å². The van der Waals surface area contributed by atoms with Crippen LogP contribution in [0.1, 0.15) is 24.3 Å². The van der Waals surface area contributed by atoms with Crippen LogP contribution in [0.25, 0.3) is 11.0 Å². The molecule has 1 heterocycles. The monoisotopic (exact) mass is 231 g/mol. The van der Waals surface area contributed by atoms with Crippen molar-refractivity contribution in [2.45, 2.75) is 19.9 Å². The van der Waals surface area contributed by atoms with Crippen molar-refractivity contribution in [3.8, 4) is 12.3 Å². The minimum absolute atomic E-state index is 0.268. The van der Waals surface area contributed by atoms with Gasteiger partial charge in [0, 0.05) is 10.9 Å². The number of fused-ring (bicyclic) bond motifs is 1. The molecule has 1 atom stereocenters. The second-order valence-electron chi connectivity index (χ2n) is 3.89. The van der Waals surface area contributed by atoms with Crippen LogP contribution < -0.4 is 5.32 Å². The van der Waals surface area contributed by atoms with Gasteiger partial charge in [0.05, 0.1) is 0 Å². The van der Waals surface area contributed by atoms with Gasteiger partial charge in [0.15, 0.2) is 0 Å². The van der Waals surface area contributed by atoms with Crippen LogP contribution in [-0.2, 0) is 0 Å². The number of hydrogen-bond donors (Lipinski definition) is 1. The summed E-state index contributed by atoms with van der Waals surface area (Å²) in [5.41, 5.74) is 1.56. The normalized spacial score (nSPS) is 12.6. The SMILES string of the molecule is C#CC(NCC)c1oc2ccc(F)cc2c1C. The van der Waals surface area contributed by atoms with E-state index in [0.717, 1.165) is 17.5 Å². The van der Waals surface area contributed by atoms with Gasteiger partial charge in [0.1, 0.15) is 23.2 Å². The maximum Gasteiger partial charge on any atom is 0.137 e. The van der Waals surface area contributed by atoms with E-state index >= 15 is 0 Å². The Hall–Kier alpha value is -1.79. The van der Waals surface area contributed by atoms with Crippen molar-refractivity contribution in [1.29, 1.82) is 0 Å². The molecule has 1 aromatic heterocycles. The summed E-state index contributed by atoms with van der Waals surface area (Å²) in [7, 11) is 0. The third kappa shape index (κ3) is 2.04. The number of nitrogens with one attached hydrogen (secondary N) is 1. The van der Waals surface area contributed by atoms with Gasteiger partial charge in [-0.15, -0.1) is 6.42 Å². The van der Waals surface area contributed by atoms with Crippen molar-refractivity contribution in [2.75, 3.05) is 6.54 Å². The van der Waals surface area contributed by atoms with Crippen molar-refractivity contribution in [3.63, 3.8) is 0 Å². The van der Waals surface area contributed by atoms with Crippen LogP contribution in [0.4, 0.5) is 4.39 Å². The van der Waals surface area contributed by atoms with Gasteiger partial charge in [-0.1, -0.05) is 12.8 Å². The molecule has 0 aliphatic carbocycles. The predicted molar refractivity (Wildman–Crippen MR) is 66.2 cm³/mol. The van der Waals surface area contributed by atoms with Gasteiger partial charge >= 0.3 is 0 Å². The summed E-state index contributed by atoms with van der Waals surface area (Å²) in [5.74, 6) is 3.06. The summed E-state index contributed by atoms with van der Waals surface area (Å²) in [6, 6.07) is 4.21. The maximum atomic E-state index is 13.2. The highest BCUT2D eigenvalue weighted by molar-refractivity contribution is 5.82. The molecule has 0 aliphatic heterocycles. The maximum absolute atomic E-state index is 13.2. The topological polar surface area (TPSA) is 25.2 Å². The molecular formula is C14H14FNO. The van der Waals surface area contributed by atoms with Crippen molar-refractivity contribution >= 4 is 11.0 Å². The molecule has 1 N–H and O–H groups in total. The van der Waals surface area contributed by atoms with E-state index in [-0.39, 0.29) is 11.9 Å². The minimum Gasteiger partial charge on any atom is -0.458 e. The van der Waals surface area contributed by atoms with E-state index in [9.17, 15) is 4.39 Å². The number of aryl methyl sites for hydroxylation is 1. The summed E-state index contributed by atoms with van der Waals surface area (Å²) in [4.78, 5) is 0. The van der Waals surface area contributed by atoms with Gasteiger partial charge in [-0.25, -0.2) is 4.39 Å². The molecule has 0 amide bonds. The van der Waals surface area contributed by atoms with Crippen molar-refractivity contribution < 1.29 is 8.81 Å². The fourth-order valence-corrected chi connectivity index (χ4v) is 1.92. The van der Waals surface area contributed by atoms with Crippen molar-refractivity contribution in [1.82, 2.24) is 5.32 Å². The Morgan fingerprint density at radius 1 is 1.53 bits per heavy atom. The first kappa shape index (κ1) is 11.7. The average molecular weight is 231 g/mol.